The summed E-state index contributed by atoms with van der Waals surface area (Å²) >= 11 is 0. The Balaban J connectivity index is 1.50. The molecule has 0 aliphatic carbocycles. The number of ether oxygens (including phenoxy) is 1. The largest absolute Gasteiger partial charge is 0.497 e. The first-order valence-corrected chi connectivity index (χ1v) is 11.1. The molecule has 33 heavy (non-hydrogen) atoms. The SMILES string of the molecule is COc1ccc(C(CNc2oc(/C=C/c3ccc(F)cc3)nc2C#N)N2CCCCC2)cc1. The summed E-state index contributed by atoms with van der Waals surface area (Å²) in [7, 11) is 1.66. The maximum absolute atomic E-state index is 13.1. The molecule has 1 saturated heterocycles. The lowest BCUT2D eigenvalue weighted by atomic mass is 10.0. The molecule has 0 amide bonds. The highest BCUT2D eigenvalue weighted by Crippen LogP contribution is 2.28. The molecular formula is C26H27FN4O2. The molecule has 0 bridgehead atoms. The van der Waals surface area contributed by atoms with Crippen molar-refractivity contribution in [2.45, 2.75) is 25.3 Å². The van der Waals surface area contributed by atoms with Crippen LogP contribution >= 0.6 is 0 Å². The third kappa shape index (κ3) is 5.79. The second-order valence-electron chi connectivity index (χ2n) is 7.99. The molecular weight excluding hydrogens is 419 g/mol. The third-order valence-corrected chi connectivity index (χ3v) is 5.83. The smallest absolute Gasteiger partial charge is 0.232 e. The summed E-state index contributed by atoms with van der Waals surface area (Å²) in [6, 6.07) is 16.5. The molecule has 6 nitrogen and oxygen atoms in total. The van der Waals surface area contributed by atoms with E-state index in [0.717, 1.165) is 24.4 Å². The Morgan fingerprint density at radius 3 is 2.52 bits per heavy atom. The first kappa shape index (κ1) is 22.6. The maximum atomic E-state index is 13.1. The highest BCUT2D eigenvalue weighted by molar-refractivity contribution is 5.67. The lowest BCUT2D eigenvalue weighted by molar-refractivity contribution is 0.170. The minimum atomic E-state index is -0.290. The van der Waals surface area contributed by atoms with Crippen molar-refractivity contribution < 1.29 is 13.5 Å². The highest BCUT2D eigenvalue weighted by Gasteiger charge is 2.23. The standard InChI is InChI=1S/C26H27FN4O2/c1-32-22-12-8-20(9-13-22)24(31-15-3-2-4-16-31)18-29-26-23(17-28)30-25(33-26)14-7-19-5-10-21(27)11-6-19/h5-14,24,29H,2-4,15-16,18H2,1H3/b14-7+. The van der Waals surface area contributed by atoms with Gasteiger partial charge in [-0.1, -0.05) is 30.7 Å². The molecule has 7 heteroatoms. The van der Waals surface area contributed by atoms with Gasteiger partial charge in [0, 0.05) is 12.6 Å². The van der Waals surface area contributed by atoms with E-state index in [9.17, 15) is 9.65 Å². The van der Waals surface area contributed by atoms with E-state index in [-0.39, 0.29) is 17.6 Å². The average Bonchev–Trinajstić information content (AvgIpc) is 3.27. The molecule has 0 spiro atoms. The monoisotopic (exact) mass is 446 g/mol. The number of piperidine rings is 1. The Morgan fingerprint density at radius 2 is 1.85 bits per heavy atom. The molecule has 0 radical (unpaired) electrons. The Bertz CT molecular complexity index is 1110. The average molecular weight is 447 g/mol. The zero-order chi connectivity index (χ0) is 23.0. The number of hydrogen-bond donors (Lipinski definition) is 1. The van der Waals surface area contributed by atoms with Crippen LogP contribution in [0.2, 0.25) is 0 Å². The van der Waals surface area contributed by atoms with Crippen molar-refractivity contribution in [3.63, 3.8) is 0 Å². The number of oxazole rings is 1. The van der Waals surface area contributed by atoms with Crippen molar-refractivity contribution >= 4 is 18.0 Å². The Morgan fingerprint density at radius 1 is 1.12 bits per heavy atom. The van der Waals surface area contributed by atoms with Crippen LogP contribution in [0, 0.1) is 17.1 Å². The summed E-state index contributed by atoms with van der Waals surface area (Å²) in [6.45, 7) is 2.65. The first-order valence-electron chi connectivity index (χ1n) is 11.1. The number of nitrogens with one attached hydrogen (secondary N) is 1. The second-order valence-corrected chi connectivity index (χ2v) is 7.99. The lowest BCUT2D eigenvalue weighted by Gasteiger charge is -2.35. The number of anilines is 1. The summed E-state index contributed by atoms with van der Waals surface area (Å²) in [5.41, 5.74) is 2.20. The van der Waals surface area contributed by atoms with E-state index in [2.05, 4.69) is 33.4 Å². The number of nitriles is 1. The number of methoxy groups -OCH3 is 1. The summed E-state index contributed by atoms with van der Waals surface area (Å²) in [5, 5.41) is 12.8. The van der Waals surface area contributed by atoms with Gasteiger partial charge in [0.1, 0.15) is 17.6 Å². The van der Waals surface area contributed by atoms with Gasteiger partial charge in [-0.3, -0.25) is 4.90 Å². The molecule has 1 aliphatic rings. The van der Waals surface area contributed by atoms with Crippen LogP contribution in [0.1, 0.15) is 48.0 Å². The molecule has 170 valence electrons. The number of halogens is 1. The number of benzene rings is 2. The molecule has 0 saturated carbocycles. The van der Waals surface area contributed by atoms with E-state index in [4.69, 9.17) is 9.15 Å². The Labute approximate surface area is 193 Å². The molecule has 1 aromatic heterocycles. The van der Waals surface area contributed by atoms with Crippen molar-refractivity contribution in [3.8, 4) is 11.8 Å². The van der Waals surface area contributed by atoms with Crippen LogP contribution in [0.15, 0.2) is 52.9 Å². The van der Waals surface area contributed by atoms with Gasteiger partial charge >= 0.3 is 0 Å². The van der Waals surface area contributed by atoms with E-state index < -0.39 is 0 Å². The van der Waals surface area contributed by atoms with E-state index in [1.165, 1.54) is 37.0 Å². The van der Waals surface area contributed by atoms with Gasteiger partial charge in [-0.25, -0.2) is 4.39 Å². The van der Waals surface area contributed by atoms with Crippen LogP contribution in [-0.4, -0.2) is 36.6 Å². The molecule has 2 heterocycles. The number of hydrogen-bond acceptors (Lipinski definition) is 6. The van der Waals surface area contributed by atoms with Gasteiger partial charge in [0.05, 0.1) is 13.2 Å². The van der Waals surface area contributed by atoms with Crippen LogP contribution < -0.4 is 10.1 Å². The van der Waals surface area contributed by atoms with Crippen molar-refractivity contribution in [1.29, 1.82) is 5.26 Å². The topological polar surface area (TPSA) is 74.3 Å². The van der Waals surface area contributed by atoms with Crippen LogP contribution in [0.5, 0.6) is 5.75 Å². The molecule has 1 N–H and O–H groups in total. The predicted octanol–water partition coefficient (Wildman–Crippen LogP) is 5.50. The maximum Gasteiger partial charge on any atom is 0.232 e. The van der Waals surface area contributed by atoms with Gasteiger partial charge in [-0.2, -0.15) is 10.2 Å². The molecule has 1 unspecified atom stereocenters. The fourth-order valence-corrected chi connectivity index (χ4v) is 4.05. The number of aromatic nitrogens is 1. The minimum absolute atomic E-state index is 0.131. The first-order chi connectivity index (χ1) is 16.2. The fraction of sp³-hybridized carbons (Fsp3) is 0.308. The van der Waals surface area contributed by atoms with E-state index in [1.807, 2.05) is 12.1 Å². The Kier molecular flexibility index (Phi) is 7.38. The zero-order valence-electron chi connectivity index (χ0n) is 18.6. The zero-order valence-corrected chi connectivity index (χ0v) is 18.6. The number of likely N-dealkylation sites (tertiary alicyclic amines) is 1. The molecule has 1 aliphatic heterocycles. The fourth-order valence-electron chi connectivity index (χ4n) is 4.05. The lowest BCUT2D eigenvalue weighted by Crippen LogP contribution is -2.37. The number of rotatable bonds is 8. The van der Waals surface area contributed by atoms with Crippen molar-refractivity contribution in [1.82, 2.24) is 9.88 Å². The van der Waals surface area contributed by atoms with Crippen LogP contribution in [0.3, 0.4) is 0 Å². The molecule has 1 atom stereocenters. The number of nitrogens with zero attached hydrogens (tertiary/aromatic N) is 3. The quantitative estimate of drug-likeness (QED) is 0.492. The van der Waals surface area contributed by atoms with Gasteiger partial charge < -0.3 is 14.5 Å². The van der Waals surface area contributed by atoms with Crippen LogP contribution in [-0.2, 0) is 0 Å². The van der Waals surface area contributed by atoms with Crippen molar-refractivity contribution in [2.75, 3.05) is 32.1 Å². The van der Waals surface area contributed by atoms with Gasteiger partial charge in [0.2, 0.25) is 17.5 Å². The predicted molar refractivity (Wildman–Crippen MR) is 126 cm³/mol. The van der Waals surface area contributed by atoms with E-state index >= 15 is 0 Å². The highest BCUT2D eigenvalue weighted by atomic mass is 19.1. The summed E-state index contributed by atoms with van der Waals surface area (Å²) in [6.07, 6.45) is 7.05. The van der Waals surface area contributed by atoms with Crippen molar-refractivity contribution in [3.05, 3.63) is 77.1 Å². The molecule has 2 aromatic carbocycles. The third-order valence-electron chi connectivity index (χ3n) is 5.83. The van der Waals surface area contributed by atoms with Gasteiger partial charge in [-0.05, 0) is 67.4 Å². The summed E-state index contributed by atoms with van der Waals surface area (Å²) < 4.78 is 24.2. The van der Waals surface area contributed by atoms with Gasteiger partial charge in [0.25, 0.3) is 0 Å². The normalized spacial score (nSPS) is 15.3. The summed E-state index contributed by atoms with van der Waals surface area (Å²) in [5.74, 6) is 1.20. The van der Waals surface area contributed by atoms with E-state index in [1.54, 1.807) is 31.4 Å². The van der Waals surface area contributed by atoms with Crippen molar-refractivity contribution in [2.24, 2.45) is 0 Å². The van der Waals surface area contributed by atoms with Gasteiger partial charge in [0.15, 0.2) is 0 Å². The second kappa shape index (κ2) is 10.8. The van der Waals surface area contributed by atoms with E-state index in [0.29, 0.717) is 18.3 Å². The summed E-state index contributed by atoms with van der Waals surface area (Å²) in [4.78, 5) is 6.73. The molecule has 1 fully saturated rings. The molecule has 3 aromatic rings. The van der Waals surface area contributed by atoms with Crippen LogP contribution in [0.25, 0.3) is 12.2 Å². The van der Waals surface area contributed by atoms with Gasteiger partial charge in [-0.15, -0.1) is 0 Å². The Hall–Kier alpha value is -3.63. The minimum Gasteiger partial charge on any atom is -0.497 e. The van der Waals surface area contributed by atoms with Crippen LogP contribution in [0.4, 0.5) is 10.3 Å². The molecule has 4 rings (SSSR count).